The lowest BCUT2D eigenvalue weighted by molar-refractivity contribution is 0.102. The number of anilines is 1. The smallest absolute Gasteiger partial charge is 0.274 e. The van der Waals surface area contributed by atoms with E-state index in [-0.39, 0.29) is 11.6 Å². The van der Waals surface area contributed by atoms with E-state index < -0.39 is 0 Å². The zero-order chi connectivity index (χ0) is 14.8. The maximum atomic E-state index is 12.2. The van der Waals surface area contributed by atoms with Crippen molar-refractivity contribution in [3.8, 4) is 0 Å². The van der Waals surface area contributed by atoms with Crippen LogP contribution in [0.2, 0.25) is 10.0 Å². The number of rotatable bonds is 2. The second kappa shape index (κ2) is 5.68. The number of fused-ring (bicyclic) bond motifs is 1. The van der Waals surface area contributed by atoms with E-state index in [0.717, 1.165) is 5.39 Å². The van der Waals surface area contributed by atoms with E-state index >= 15 is 0 Å². The fraction of sp³-hybridized carbons (Fsp3) is 0. The third-order valence-electron chi connectivity index (χ3n) is 2.92. The number of pyridine rings is 2. The van der Waals surface area contributed by atoms with E-state index in [2.05, 4.69) is 15.3 Å². The molecule has 6 heteroatoms. The lowest BCUT2D eigenvalue weighted by Gasteiger charge is -2.08. The predicted octanol–water partition coefficient (Wildman–Crippen LogP) is 4.19. The third kappa shape index (κ3) is 2.82. The van der Waals surface area contributed by atoms with Crippen LogP contribution in [0.3, 0.4) is 0 Å². The van der Waals surface area contributed by atoms with Crippen molar-refractivity contribution in [2.75, 3.05) is 5.32 Å². The predicted molar refractivity (Wildman–Crippen MR) is 84.0 cm³/mol. The van der Waals surface area contributed by atoms with Gasteiger partial charge < -0.3 is 5.32 Å². The van der Waals surface area contributed by atoms with Gasteiger partial charge in [-0.3, -0.25) is 14.8 Å². The minimum Gasteiger partial charge on any atom is -0.319 e. The van der Waals surface area contributed by atoms with Crippen LogP contribution in [0.1, 0.15) is 10.5 Å². The normalized spacial score (nSPS) is 10.6. The van der Waals surface area contributed by atoms with Gasteiger partial charge in [0.15, 0.2) is 0 Å². The van der Waals surface area contributed by atoms with Crippen LogP contribution in [0.25, 0.3) is 10.9 Å². The van der Waals surface area contributed by atoms with E-state index in [4.69, 9.17) is 23.2 Å². The quantitative estimate of drug-likeness (QED) is 0.771. The van der Waals surface area contributed by atoms with Crippen molar-refractivity contribution in [2.24, 2.45) is 0 Å². The number of carbonyl (C=O) groups excluding carboxylic acids is 1. The molecule has 1 N–H and O–H groups in total. The van der Waals surface area contributed by atoms with Crippen LogP contribution in [0.15, 0.2) is 48.8 Å². The number of aromatic nitrogens is 2. The molecule has 1 amide bonds. The first-order chi connectivity index (χ1) is 10.1. The number of halogens is 2. The molecule has 0 atom stereocenters. The van der Waals surface area contributed by atoms with Gasteiger partial charge in [0.1, 0.15) is 5.69 Å². The Hall–Kier alpha value is -2.17. The molecular weight excluding hydrogens is 309 g/mol. The Morgan fingerprint density at radius 3 is 2.71 bits per heavy atom. The summed E-state index contributed by atoms with van der Waals surface area (Å²) in [6, 6.07) is 10.2. The summed E-state index contributed by atoms with van der Waals surface area (Å²) in [5.41, 5.74) is 1.43. The Kier molecular flexibility index (Phi) is 3.73. The van der Waals surface area contributed by atoms with Gasteiger partial charge in [-0.05, 0) is 36.4 Å². The Morgan fingerprint density at radius 2 is 1.90 bits per heavy atom. The molecule has 0 aliphatic carbocycles. The third-order valence-corrected chi connectivity index (χ3v) is 3.48. The van der Waals surface area contributed by atoms with Crippen molar-refractivity contribution in [1.29, 1.82) is 0 Å². The number of hydrogen-bond acceptors (Lipinski definition) is 3. The molecule has 0 saturated carbocycles. The number of hydrogen-bond donors (Lipinski definition) is 1. The first-order valence-electron chi connectivity index (χ1n) is 6.11. The highest BCUT2D eigenvalue weighted by Gasteiger charge is 2.12. The minimum absolute atomic E-state index is 0.238. The standard InChI is InChI=1S/C15H9Cl2N3O/c16-9-5-7-18-13(8-9)15(21)20-12-4-3-11(17)10-2-1-6-19-14(10)12/h1-8H,(H,20,21). The molecule has 0 saturated heterocycles. The maximum Gasteiger partial charge on any atom is 0.274 e. The highest BCUT2D eigenvalue weighted by Crippen LogP contribution is 2.28. The van der Waals surface area contributed by atoms with Gasteiger partial charge in [0.05, 0.1) is 16.2 Å². The lowest BCUT2D eigenvalue weighted by atomic mass is 10.2. The average molecular weight is 318 g/mol. The maximum absolute atomic E-state index is 12.2. The van der Waals surface area contributed by atoms with Gasteiger partial charge in [-0.15, -0.1) is 0 Å². The number of amides is 1. The Balaban J connectivity index is 1.99. The SMILES string of the molecule is O=C(Nc1ccc(Cl)c2cccnc12)c1cc(Cl)ccn1. The van der Waals surface area contributed by atoms with Gasteiger partial charge >= 0.3 is 0 Å². The van der Waals surface area contributed by atoms with Crippen molar-refractivity contribution in [2.45, 2.75) is 0 Å². The molecule has 4 nitrogen and oxygen atoms in total. The second-order valence-electron chi connectivity index (χ2n) is 4.31. The highest BCUT2D eigenvalue weighted by atomic mass is 35.5. The molecule has 21 heavy (non-hydrogen) atoms. The van der Waals surface area contributed by atoms with Crippen molar-refractivity contribution in [3.05, 3.63) is 64.5 Å². The number of carbonyl (C=O) groups is 1. The zero-order valence-electron chi connectivity index (χ0n) is 10.7. The van der Waals surface area contributed by atoms with Crippen molar-refractivity contribution in [1.82, 2.24) is 9.97 Å². The highest BCUT2D eigenvalue weighted by molar-refractivity contribution is 6.36. The lowest BCUT2D eigenvalue weighted by Crippen LogP contribution is -2.14. The van der Waals surface area contributed by atoms with Crippen molar-refractivity contribution in [3.63, 3.8) is 0 Å². The fourth-order valence-electron chi connectivity index (χ4n) is 1.95. The van der Waals surface area contributed by atoms with Crippen LogP contribution in [0, 0.1) is 0 Å². The van der Waals surface area contributed by atoms with E-state index in [9.17, 15) is 4.79 Å². The summed E-state index contributed by atoms with van der Waals surface area (Å²) < 4.78 is 0. The van der Waals surface area contributed by atoms with E-state index in [0.29, 0.717) is 21.2 Å². The van der Waals surface area contributed by atoms with Crippen LogP contribution < -0.4 is 5.32 Å². The molecule has 0 spiro atoms. The topological polar surface area (TPSA) is 54.9 Å². The summed E-state index contributed by atoms with van der Waals surface area (Å²) >= 11 is 12.0. The minimum atomic E-state index is -0.355. The monoisotopic (exact) mass is 317 g/mol. The second-order valence-corrected chi connectivity index (χ2v) is 5.15. The molecule has 2 heterocycles. The zero-order valence-corrected chi connectivity index (χ0v) is 12.2. The Bertz CT molecular complexity index is 836. The van der Waals surface area contributed by atoms with Crippen LogP contribution in [-0.4, -0.2) is 15.9 Å². The number of benzene rings is 1. The van der Waals surface area contributed by atoms with E-state index in [1.54, 1.807) is 30.5 Å². The van der Waals surface area contributed by atoms with Gasteiger partial charge in [-0.25, -0.2) is 0 Å². The molecule has 3 rings (SSSR count). The molecule has 0 bridgehead atoms. The van der Waals surface area contributed by atoms with Crippen molar-refractivity contribution < 1.29 is 4.79 Å². The summed E-state index contributed by atoms with van der Waals surface area (Å²) in [6.07, 6.45) is 3.13. The summed E-state index contributed by atoms with van der Waals surface area (Å²) in [5, 5.41) is 4.58. The van der Waals surface area contributed by atoms with Crippen LogP contribution in [0.4, 0.5) is 5.69 Å². The summed E-state index contributed by atoms with van der Waals surface area (Å²) in [7, 11) is 0. The van der Waals surface area contributed by atoms with Gasteiger partial charge in [0.25, 0.3) is 5.91 Å². The largest absolute Gasteiger partial charge is 0.319 e. The van der Waals surface area contributed by atoms with E-state index in [1.165, 1.54) is 12.3 Å². The molecule has 3 aromatic rings. The van der Waals surface area contributed by atoms with Crippen LogP contribution in [0.5, 0.6) is 0 Å². The molecule has 0 aliphatic rings. The summed E-state index contributed by atoms with van der Waals surface area (Å²) in [4.78, 5) is 20.5. The van der Waals surface area contributed by atoms with Gasteiger partial charge in [0.2, 0.25) is 0 Å². The van der Waals surface area contributed by atoms with E-state index in [1.807, 2.05) is 6.07 Å². The van der Waals surface area contributed by atoms with Crippen LogP contribution in [-0.2, 0) is 0 Å². The molecule has 0 radical (unpaired) electrons. The first-order valence-corrected chi connectivity index (χ1v) is 6.87. The molecule has 2 aromatic heterocycles. The first kappa shape index (κ1) is 13.8. The summed E-state index contributed by atoms with van der Waals surface area (Å²) in [6.45, 7) is 0. The Morgan fingerprint density at radius 1 is 1.05 bits per heavy atom. The molecule has 104 valence electrons. The fourth-order valence-corrected chi connectivity index (χ4v) is 2.33. The van der Waals surface area contributed by atoms with Gasteiger partial charge in [0, 0.05) is 22.8 Å². The average Bonchev–Trinajstić information content (AvgIpc) is 2.50. The number of nitrogens with zero attached hydrogens (tertiary/aromatic N) is 2. The number of nitrogens with one attached hydrogen (secondary N) is 1. The van der Waals surface area contributed by atoms with Gasteiger partial charge in [-0.1, -0.05) is 23.2 Å². The van der Waals surface area contributed by atoms with Gasteiger partial charge in [-0.2, -0.15) is 0 Å². The molecular formula is C15H9Cl2N3O. The molecule has 0 fully saturated rings. The molecule has 0 unspecified atom stereocenters. The van der Waals surface area contributed by atoms with Crippen LogP contribution >= 0.6 is 23.2 Å². The molecule has 0 aliphatic heterocycles. The molecule has 1 aromatic carbocycles. The summed E-state index contributed by atoms with van der Waals surface area (Å²) in [5.74, 6) is -0.355. The Labute approximate surface area is 130 Å². The van der Waals surface area contributed by atoms with Crippen molar-refractivity contribution >= 4 is 45.7 Å².